The standard InChI is InChI=1S/C24H30ClNO3/c1-2-28-22-15-14-18(24(27)26-20-10-6-4-3-5-7-11-20)16-19(22)17-29-23-13-9-8-12-21(23)25/h8-9,12-16,20H,2-7,10-11,17H2,1H3,(H,26,27). The van der Waals surface area contributed by atoms with Gasteiger partial charge in [-0.3, -0.25) is 4.79 Å². The molecule has 3 rings (SSSR count). The number of hydrogen-bond acceptors (Lipinski definition) is 3. The van der Waals surface area contributed by atoms with Crippen LogP contribution in [0.3, 0.4) is 0 Å². The first-order valence-corrected chi connectivity index (χ1v) is 11.0. The van der Waals surface area contributed by atoms with Gasteiger partial charge in [-0.25, -0.2) is 0 Å². The summed E-state index contributed by atoms with van der Waals surface area (Å²) in [6, 6.07) is 13.2. The normalized spacial score (nSPS) is 15.2. The Morgan fingerprint density at radius 3 is 2.45 bits per heavy atom. The zero-order valence-electron chi connectivity index (χ0n) is 17.1. The zero-order valence-corrected chi connectivity index (χ0v) is 17.8. The molecular formula is C24H30ClNO3. The van der Waals surface area contributed by atoms with Gasteiger partial charge < -0.3 is 14.8 Å². The highest BCUT2D eigenvalue weighted by atomic mass is 35.5. The third-order valence-electron chi connectivity index (χ3n) is 5.28. The summed E-state index contributed by atoms with van der Waals surface area (Å²) < 4.78 is 11.6. The molecule has 1 aliphatic rings. The van der Waals surface area contributed by atoms with Gasteiger partial charge in [0.2, 0.25) is 0 Å². The molecule has 0 spiro atoms. The smallest absolute Gasteiger partial charge is 0.251 e. The second-order valence-corrected chi connectivity index (χ2v) is 7.90. The predicted molar refractivity (Wildman–Crippen MR) is 117 cm³/mol. The van der Waals surface area contributed by atoms with Gasteiger partial charge in [0.05, 0.1) is 11.6 Å². The van der Waals surface area contributed by atoms with Crippen LogP contribution in [0.15, 0.2) is 42.5 Å². The average Bonchev–Trinajstić information content (AvgIpc) is 2.70. The van der Waals surface area contributed by atoms with E-state index in [1.54, 1.807) is 6.07 Å². The number of rotatable bonds is 7. The van der Waals surface area contributed by atoms with Crippen molar-refractivity contribution in [2.75, 3.05) is 6.61 Å². The number of hydrogen-bond donors (Lipinski definition) is 1. The fraction of sp³-hybridized carbons (Fsp3) is 0.458. The summed E-state index contributed by atoms with van der Waals surface area (Å²) >= 11 is 6.19. The molecule has 4 nitrogen and oxygen atoms in total. The lowest BCUT2D eigenvalue weighted by atomic mass is 9.96. The van der Waals surface area contributed by atoms with Gasteiger partial charge in [-0.05, 0) is 50.1 Å². The summed E-state index contributed by atoms with van der Waals surface area (Å²) in [5.41, 5.74) is 1.46. The molecule has 0 aliphatic heterocycles. The number of nitrogens with one attached hydrogen (secondary N) is 1. The lowest BCUT2D eigenvalue weighted by molar-refractivity contribution is 0.0930. The van der Waals surface area contributed by atoms with E-state index in [9.17, 15) is 4.79 Å². The molecule has 29 heavy (non-hydrogen) atoms. The molecule has 5 heteroatoms. The van der Waals surface area contributed by atoms with Crippen LogP contribution in [0, 0.1) is 0 Å². The Balaban J connectivity index is 1.71. The van der Waals surface area contributed by atoms with Gasteiger partial charge in [-0.15, -0.1) is 0 Å². The quantitative estimate of drug-likeness (QED) is 0.589. The van der Waals surface area contributed by atoms with E-state index in [2.05, 4.69) is 5.32 Å². The zero-order chi connectivity index (χ0) is 20.5. The van der Waals surface area contributed by atoms with E-state index in [1.807, 2.05) is 43.3 Å². The van der Waals surface area contributed by atoms with Crippen LogP contribution in [0.25, 0.3) is 0 Å². The van der Waals surface area contributed by atoms with Crippen molar-refractivity contribution in [3.8, 4) is 11.5 Å². The van der Waals surface area contributed by atoms with Gasteiger partial charge in [0.1, 0.15) is 18.1 Å². The Hall–Kier alpha value is -2.20. The Morgan fingerprint density at radius 1 is 1.00 bits per heavy atom. The van der Waals surface area contributed by atoms with E-state index < -0.39 is 0 Å². The third kappa shape index (κ3) is 6.40. The van der Waals surface area contributed by atoms with Crippen molar-refractivity contribution in [2.24, 2.45) is 0 Å². The van der Waals surface area contributed by atoms with Crippen LogP contribution in [0.2, 0.25) is 5.02 Å². The molecule has 0 unspecified atom stereocenters. The number of benzene rings is 2. The predicted octanol–water partition coefficient (Wildman–Crippen LogP) is 6.16. The van der Waals surface area contributed by atoms with Crippen LogP contribution in [-0.2, 0) is 6.61 Å². The summed E-state index contributed by atoms with van der Waals surface area (Å²) in [6.07, 6.45) is 8.33. The first-order valence-electron chi connectivity index (χ1n) is 10.6. The molecule has 0 saturated heterocycles. The minimum absolute atomic E-state index is 0.0300. The summed E-state index contributed by atoms with van der Waals surface area (Å²) in [6.45, 7) is 2.77. The lowest BCUT2D eigenvalue weighted by Gasteiger charge is -2.21. The van der Waals surface area contributed by atoms with E-state index in [4.69, 9.17) is 21.1 Å². The summed E-state index contributed by atoms with van der Waals surface area (Å²) in [5.74, 6) is 1.31. The molecule has 0 bridgehead atoms. The average molecular weight is 416 g/mol. The highest BCUT2D eigenvalue weighted by Gasteiger charge is 2.17. The second-order valence-electron chi connectivity index (χ2n) is 7.49. The molecule has 156 valence electrons. The Labute approximate surface area is 178 Å². The van der Waals surface area contributed by atoms with Crippen LogP contribution in [0.4, 0.5) is 0 Å². The van der Waals surface area contributed by atoms with Gasteiger partial charge >= 0.3 is 0 Å². The van der Waals surface area contributed by atoms with Gasteiger partial charge in [-0.1, -0.05) is 55.8 Å². The minimum Gasteiger partial charge on any atom is -0.493 e. The van der Waals surface area contributed by atoms with Crippen LogP contribution in [0.5, 0.6) is 11.5 Å². The van der Waals surface area contributed by atoms with E-state index >= 15 is 0 Å². The molecule has 2 aromatic rings. The SMILES string of the molecule is CCOc1ccc(C(=O)NC2CCCCCCC2)cc1COc1ccccc1Cl. The van der Waals surface area contributed by atoms with E-state index in [0.29, 0.717) is 22.9 Å². The molecule has 0 atom stereocenters. The van der Waals surface area contributed by atoms with Crippen LogP contribution in [-0.4, -0.2) is 18.6 Å². The Bertz CT molecular complexity index is 800. The van der Waals surface area contributed by atoms with Gasteiger partial charge in [0.25, 0.3) is 5.91 Å². The number of carbonyl (C=O) groups is 1. The lowest BCUT2D eigenvalue weighted by Crippen LogP contribution is -2.35. The highest BCUT2D eigenvalue weighted by Crippen LogP contribution is 2.27. The summed E-state index contributed by atoms with van der Waals surface area (Å²) in [7, 11) is 0. The molecule has 1 aliphatic carbocycles. The second kappa shape index (κ2) is 11.1. The van der Waals surface area contributed by atoms with Crippen LogP contribution in [0.1, 0.15) is 67.8 Å². The number of halogens is 1. The Morgan fingerprint density at radius 2 is 1.72 bits per heavy atom. The first kappa shape index (κ1) is 21.5. The molecule has 1 fully saturated rings. The molecule has 0 aromatic heterocycles. The molecule has 0 radical (unpaired) electrons. The van der Waals surface area contributed by atoms with E-state index in [-0.39, 0.29) is 18.6 Å². The number of amides is 1. The van der Waals surface area contributed by atoms with Gasteiger partial charge in [0.15, 0.2) is 0 Å². The monoisotopic (exact) mass is 415 g/mol. The first-order chi connectivity index (χ1) is 14.2. The van der Waals surface area contributed by atoms with Crippen molar-refractivity contribution < 1.29 is 14.3 Å². The largest absolute Gasteiger partial charge is 0.493 e. The fourth-order valence-corrected chi connectivity index (χ4v) is 3.91. The van der Waals surface area contributed by atoms with Gasteiger partial charge in [-0.2, -0.15) is 0 Å². The van der Waals surface area contributed by atoms with Crippen molar-refractivity contribution >= 4 is 17.5 Å². The molecule has 1 amide bonds. The number of para-hydroxylation sites is 1. The van der Waals surface area contributed by atoms with E-state index in [1.165, 1.54) is 32.1 Å². The minimum atomic E-state index is -0.0300. The van der Waals surface area contributed by atoms with Crippen molar-refractivity contribution in [3.05, 3.63) is 58.6 Å². The van der Waals surface area contributed by atoms with Crippen LogP contribution < -0.4 is 14.8 Å². The van der Waals surface area contributed by atoms with Crippen molar-refractivity contribution in [1.29, 1.82) is 0 Å². The Kier molecular flexibility index (Phi) is 8.24. The maximum Gasteiger partial charge on any atom is 0.251 e. The summed E-state index contributed by atoms with van der Waals surface area (Å²) in [4.78, 5) is 12.8. The third-order valence-corrected chi connectivity index (χ3v) is 5.59. The maximum absolute atomic E-state index is 12.8. The van der Waals surface area contributed by atoms with Crippen molar-refractivity contribution in [2.45, 2.75) is 64.5 Å². The number of carbonyl (C=O) groups excluding carboxylic acids is 1. The molecule has 1 saturated carbocycles. The highest BCUT2D eigenvalue weighted by molar-refractivity contribution is 6.32. The number of ether oxygens (including phenoxy) is 2. The topological polar surface area (TPSA) is 47.6 Å². The molecule has 2 aromatic carbocycles. The maximum atomic E-state index is 12.8. The van der Waals surface area contributed by atoms with Crippen molar-refractivity contribution in [1.82, 2.24) is 5.32 Å². The molecule has 1 N–H and O–H groups in total. The van der Waals surface area contributed by atoms with Gasteiger partial charge in [0, 0.05) is 17.2 Å². The molecular weight excluding hydrogens is 386 g/mol. The summed E-state index contributed by atoms with van der Waals surface area (Å²) in [5, 5.41) is 3.78. The van der Waals surface area contributed by atoms with Crippen LogP contribution >= 0.6 is 11.6 Å². The fourth-order valence-electron chi connectivity index (χ4n) is 3.72. The van der Waals surface area contributed by atoms with Crippen molar-refractivity contribution in [3.63, 3.8) is 0 Å². The van der Waals surface area contributed by atoms with E-state index in [0.717, 1.165) is 24.2 Å². The molecule has 0 heterocycles.